The van der Waals surface area contributed by atoms with Crippen LogP contribution in [-0.2, 0) is 9.59 Å². The lowest BCUT2D eigenvalue weighted by atomic mass is 10.1. The van der Waals surface area contributed by atoms with Crippen molar-refractivity contribution >= 4 is 52.6 Å². The molecule has 0 bridgehead atoms. The molecule has 1 fully saturated rings. The normalized spacial score (nSPS) is 14.3. The zero-order valence-electron chi connectivity index (χ0n) is 20.0. The van der Waals surface area contributed by atoms with Gasteiger partial charge in [-0.15, -0.1) is 0 Å². The largest absolute Gasteiger partial charge is 0.494 e. The quantitative estimate of drug-likeness (QED) is 0.174. The number of imide groups is 2. The van der Waals surface area contributed by atoms with Crippen molar-refractivity contribution in [1.82, 2.24) is 5.32 Å². The van der Waals surface area contributed by atoms with E-state index < -0.39 is 44.6 Å². The third-order valence-corrected chi connectivity index (χ3v) is 5.58. The molecule has 4 amide bonds. The van der Waals surface area contributed by atoms with Crippen molar-refractivity contribution in [2.24, 2.45) is 0 Å². The smallest absolute Gasteiger partial charge is 0.335 e. The third kappa shape index (κ3) is 5.67. The number of carbonyl (C=O) groups excluding carboxylic acids is 3. The molecule has 3 aromatic carbocycles. The molecule has 0 radical (unpaired) electrons. The Morgan fingerprint density at radius 3 is 2.28 bits per heavy atom. The number of anilines is 1. The van der Waals surface area contributed by atoms with Crippen LogP contribution in [0, 0.1) is 20.2 Å². The van der Waals surface area contributed by atoms with Crippen LogP contribution in [0.15, 0.2) is 66.2 Å². The maximum atomic E-state index is 13.3. The number of benzene rings is 3. The van der Waals surface area contributed by atoms with Gasteiger partial charge >= 0.3 is 11.7 Å². The molecule has 198 valence electrons. The van der Waals surface area contributed by atoms with Gasteiger partial charge in [-0.2, -0.15) is 0 Å². The van der Waals surface area contributed by atoms with E-state index in [2.05, 4.69) is 5.32 Å². The predicted molar refractivity (Wildman–Crippen MR) is 138 cm³/mol. The van der Waals surface area contributed by atoms with Gasteiger partial charge in [-0.05, 0) is 61.5 Å². The Bertz CT molecular complexity index is 1550. The molecule has 0 atom stereocenters. The summed E-state index contributed by atoms with van der Waals surface area (Å²) < 4.78 is 11.0. The molecule has 14 heteroatoms. The highest BCUT2D eigenvalue weighted by molar-refractivity contribution is 6.39. The molecule has 1 N–H and O–H groups in total. The van der Waals surface area contributed by atoms with Gasteiger partial charge in [0.15, 0.2) is 0 Å². The minimum Gasteiger partial charge on any atom is -0.494 e. The van der Waals surface area contributed by atoms with E-state index in [9.17, 15) is 34.6 Å². The second-order valence-electron chi connectivity index (χ2n) is 7.84. The predicted octanol–water partition coefficient (Wildman–Crippen LogP) is 5.01. The SMILES string of the molecule is CCOc1ccc(N2C(=O)NC(=O)/C(=C\c3cc(Cl)ccc3Oc3ccc([N+](=O)[O-])cc3[N+](=O)[O-])C2=O)cc1. The Morgan fingerprint density at radius 2 is 1.64 bits per heavy atom. The van der Waals surface area contributed by atoms with E-state index >= 15 is 0 Å². The summed E-state index contributed by atoms with van der Waals surface area (Å²) in [6.07, 6.45) is 1.12. The molecule has 1 saturated heterocycles. The molecule has 13 nitrogen and oxygen atoms in total. The van der Waals surface area contributed by atoms with E-state index in [1.54, 1.807) is 19.1 Å². The molecule has 1 aliphatic rings. The highest BCUT2D eigenvalue weighted by Crippen LogP contribution is 2.37. The van der Waals surface area contributed by atoms with Crippen LogP contribution < -0.4 is 19.7 Å². The van der Waals surface area contributed by atoms with Crippen LogP contribution in [0.4, 0.5) is 21.9 Å². The van der Waals surface area contributed by atoms with E-state index in [-0.39, 0.29) is 27.8 Å². The van der Waals surface area contributed by atoms with Crippen molar-refractivity contribution < 1.29 is 33.7 Å². The Morgan fingerprint density at radius 1 is 0.949 bits per heavy atom. The topological polar surface area (TPSA) is 171 Å². The molecule has 1 heterocycles. The number of rotatable bonds is 8. The van der Waals surface area contributed by atoms with Gasteiger partial charge < -0.3 is 9.47 Å². The fourth-order valence-electron chi connectivity index (χ4n) is 3.60. The summed E-state index contributed by atoms with van der Waals surface area (Å²) in [5.74, 6) is -1.81. The van der Waals surface area contributed by atoms with Gasteiger partial charge in [-0.3, -0.25) is 35.1 Å². The molecular formula is C25H17ClN4O9. The lowest BCUT2D eigenvalue weighted by Gasteiger charge is -2.26. The molecule has 39 heavy (non-hydrogen) atoms. The van der Waals surface area contributed by atoms with Gasteiger partial charge in [-0.1, -0.05) is 11.6 Å². The zero-order chi connectivity index (χ0) is 28.3. The Kier molecular flexibility index (Phi) is 7.53. The zero-order valence-corrected chi connectivity index (χ0v) is 20.7. The number of barbiturate groups is 1. The lowest BCUT2D eigenvalue weighted by Crippen LogP contribution is -2.54. The molecule has 3 aromatic rings. The number of carbonyl (C=O) groups is 3. The standard InChI is InChI=1S/C25H17ClN4O9/c1-2-38-18-7-4-16(5-8-18)28-24(32)19(23(31)27-25(28)33)12-14-11-15(26)3-9-21(14)39-22-10-6-17(29(34)35)13-20(22)30(36)37/h3-13H,2H2,1H3,(H,27,31,33)/b19-12+. The number of nitrogens with one attached hydrogen (secondary N) is 1. The highest BCUT2D eigenvalue weighted by atomic mass is 35.5. The van der Waals surface area contributed by atoms with Gasteiger partial charge in [-0.25, -0.2) is 9.69 Å². The molecule has 4 rings (SSSR count). The molecule has 1 aliphatic heterocycles. The lowest BCUT2D eigenvalue weighted by molar-refractivity contribution is -0.394. The minimum absolute atomic E-state index is 0.0611. The first-order valence-corrected chi connectivity index (χ1v) is 11.5. The van der Waals surface area contributed by atoms with Crippen LogP contribution in [0.1, 0.15) is 12.5 Å². The monoisotopic (exact) mass is 552 g/mol. The number of hydrogen-bond acceptors (Lipinski definition) is 9. The van der Waals surface area contributed by atoms with E-state index in [1.807, 2.05) is 0 Å². The average Bonchev–Trinajstić information content (AvgIpc) is 2.89. The van der Waals surface area contributed by atoms with Crippen molar-refractivity contribution in [1.29, 1.82) is 0 Å². The van der Waals surface area contributed by atoms with Crippen LogP contribution in [0.5, 0.6) is 17.2 Å². The first-order chi connectivity index (χ1) is 18.6. The van der Waals surface area contributed by atoms with Gasteiger partial charge in [0, 0.05) is 16.7 Å². The average molecular weight is 553 g/mol. The summed E-state index contributed by atoms with van der Waals surface area (Å²) in [5, 5.41) is 24.8. The summed E-state index contributed by atoms with van der Waals surface area (Å²) in [4.78, 5) is 60.1. The first kappa shape index (κ1) is 26.8. The number of nitro groups is 2. The summed E-state index contributed by atoms with van der Waals surface area (Å²) in [6.45, 7) is 2.21. The van der Waals surface area contributed by atoms with Crippen LogP contribution in [0.25, 0.3) is 6.08 Å². The van der Waals surface area contributed by atoms with E-state index in [4.69, 9.17) is 21.1 Å². The van der Waals surface area contributed by atoms with Crippen LogP contribution in [0.2, 0.25) is 5.02 Å². The number of nitrogens with zero attached hydrogens (tertiary/aromatic N) is 3. The van der Waals surface area contributed by atoms with Crippen molar-refractivity contribution in [3.8, 4) is 17.2 Å². The second kappa shape index (κ2) is 11.0. The van der Waals surface area contributed by atoms with Crippen LogP contribution in [0.3, 0.4) is 0 Å². The van der Waals surface area contributed by atoms with E-state index in [1.165, 1.54) is 30.3 Å². The number of amides is 4. The van der Waals surface area contributed by atoms with Gasteiger partial charge in [0.25, 0.3) is 17.5 Å². The Hall–Kier alpha value is -5.30. The van der Waals surface area contributed by atoms with Gasteiger partial charge in [0.1, 0.15) is 17.1 Å². The van der Waals surface area contributed by atoms with Crippen molar-refractivity contribution in [3.05, 3.63) is 97.1 Å². The fraction of sp³-hybridized carbons (Fsp3) is 0.0800. The van der Waals surface area contributed by atoms with Gasteiger partial charge in [0.05, 0.1) is 28.2 Å². The molecular weight excluding hydrogens is 536 g/mol. The molecule has 0 aliphatic carbocycles. The third-order valence-electron chi connectivity index (χ3n) is 5.35. The number of halogens is 1. The molecule has 0 spiro atoms. The highest BCUT2D eigenvalue weighted by Gasteiger charge is 2.37. The summed E-state index contributed by atoms with van der Waals surface area (Å²) >= 11 is 6.11. The molecule has 0 unspecified atom stereocenters. The van der Waals surface area contributed by atoms with E-state index in [0.29, 0.717) is 12.4 Å². The number of nitro benzene ring substituents is 2. The number of non-ortho nitro benzene ring substituents is 1. The van der Waals surface area contributed by atoms with Crippen LogP contribution >= 0.6 is 11.6 Å². The Balaban J connectivity index is 1.73. The second-order valence-corrected chi connectivity index (χ2v) is 8.27. The number of hydrogen-bond donors (Lipinski definition) is 1. The first-order valence-electron chi connectivity index (χ1n) is 11.1. The van der Waals surface area contributed by atoms with Crippen LogP contribution in [-0.4, -0.2) is 34.3 Å². The summed E-state index contributed by atoms with van der Waals surface area (Å²) in [7, 11) is 0. The van der Waals surface area contributed by atoms with Crippen molar-refractivity contribution in [3.63, 3.8) is 0 Å². The molecule has 0 aromatic heterocycles. The number of urea groups is 1. The minimum atomic E-state index is -0.987. The maximum absolute atomic E-state index is 13.3. The van der Waals surface area contributed by atoms with Crippen molar-refractivity contribution in [2.75, 3.05) is 11.5 Å². The van der Waals surface area contributed by atoms with Crippen molar-refractivity contribution in [2.45, 2.75) is 6.92 Å². The summed E-state index contributed by atoms with van der Waals surface area (Å²) in [6, 6.07) is 12.0. The molecule has 0 saturated carbocycles. The summed E-state index contributed by atoms with van der Waals surface area (Å²) in [5.41, 5.74) is -1.42. The van der Waals surface area contributed by atoms with Gasteiger partial charge in [0.2, 0.25) is 5.75 Å². The number of ether oxygens (including phenoxy) is 2. The maximum Gasteiger partial charge on any atom is 0.335 e. The Labute approximate surface area is 224 Å². The fourth-order valence-corrected chi connectivity index (χ4v) is 3.78. The van der Waals surface area contributed by atoms with E-state index in [0.717, 1.165) is 29.2 Å².